The van der Waals surface area contributed by atoms with Crippen LogP contribution in [0.15, 0.2) is 30.6 Å². The van der Waals surface area contributed by atoms with Crippen LogP contribution in [0.5, 0.6) is 5.75 Å². The third-order valence-corrected chi connectivity index (χ3v) is 4.38. The number of aryl methyl sites for hydroxylation is 1. The lowest BCUT2D eigenvalue weighted by molar-refractivity contribution is -0.118. The van der Waals surface area contributed by atoms with Crippen LogP contribution in [-0.4, -0.2) is 50.3 Å². The van der Waals surface area contributed by atoms with E-state index in [9.17, 15) is 9.59 Å². The predicted octanol–water partition coefficient (Wildman–Crippen LogP) is 1.62. The second-order valence-electron chi connectivity index (χ2n) is 5.24. The molecule has 0 spiro atoms. The molecular formula is C16H16N6O4S. The molecule has 0 saturated carbocycles. The van der Waals surface area contributed by atoms with Crippen LogP contribution in [0, 0.1) is 6.92 Å². The molecule has 0 radical (unpaired) electrons. The molecule has 3 aromatic rings. The summed E-state index contributed by atoms with van der Waals surface area (Å²) in [5.74, 6) is -0.319. The van der Waals surface area contributed by atoms with Crippen LogP contribution in [-0.2, 0) is 9.53 Å². The van der Waals surface area contributed by atoms with Gasteiger partial charge in [-0.3, -0.25) is 10.1 Å². The number of aromatic nitrogens is 5. The van der Waals surface area contributed by atoms with Gasteiger partial charge >= 0.3 is 5.97 Å². The molecule has 1 N–H and O–H groups in total. The Bertz CT molecular complexity index is 923. The number of thiazole rings is 1. The van der Waals surface area contributed by atoms with Crippen molar-refractivity contribution in [3.8, 4) is 11.4 Å². The molecule has 0 aliphatic heterocycles. The van der Waals surface area contributed by atoms with E-state index in [4.69, 9.17) is 9.47 Å². The lowest BCUT2D eigenvalue weighted by atomic mass is 10.3. The number of carbonyl (C=O) groups is 2. The molecule has 1 aromatic carbocycles. The van der Waals surface area contributed by atoms with Crippen molar-refractivity contribution in [3.05, 3.63) is 41.2 Å². The second kappa shape index (κ2) is 8.36. The van der Waals surface area contributed by atoms with Crippen molar-refractivity contribution in [2.75, 3.05) is 18.5 Å². The number of benzene rings is 1. The van der Waals surface area contributed by atoms with E-state index in [0.29, 0.717) is 21.5 Å². The van der Waals surface area contributed by atoms with Crippen molar-refractivity contribution in [3.63, 3.8) is 0 Å². The van der Waals surface area contributed by atoms with E-state index >= 15 is 0 Å². The van der Waals surface area contributed by atoms with Crippen LogP contribution in [0.2, 0.25) is 0 Å². The Morgan fingerprint density at radius 1 is 1.26 bits per heavy atom. The zero-order valence-corrected chi connectivity index (χ0v) is 15.4. The van der Waals surface area contributed by atoms with Gasteiger partial charge in [0.15, 0.2) is 11.7 Å². The number of ether oxygens (including phenoxy) is 2. The highest BCUT2D eigenvalue weighted by Crippen LogP contribution is 2.23. The van der Waals surface area contributed by atoms with E-state index < -0.39 is 5.97 Å². The minimum absolute atomic E-state index is 0.197. The lowest BCUT2D eigenvalue weighted by Crippen LogP contribution is -2.20. The Kier molecular flexibility index (Phi) is 5.71. The summed E-state index contributed by atoms with van der Waals surface area (Å²) in [6, 6.07) is 6.94. The number of nitrogens with one attached hydrogen (secondary N) is 1. The second-order valence-corrected chi connectivity index (χ2v) is 6.24. The third-order valence-electron chi connectivity index (χ3n) is 3.32. The summed E-state index contributed by atoms with van der Waals surface area (Å²) in [4.78, 5) is 28.3. The van der Waals surface area contributed by atoms with Crippen LogP contribution in [0.1, 0.15) is 22.3 Å². The Labute approximate surface area is 158 Å². The quantitative estimate of drug-likeness (QED) is 0.606. The maximum absolute atomic E-state index is 12.0. The van der Waals surface area contributed by atoms with Gasteiger partial charge < -0.3 is 9.47 Å². The molecule has 1 amide bonds. The average molecular weight is 388 g/mol. The molecule has 2 aromatic heterocycles. The van der Waals surface area contributed by atoms with Gasteiger partial charge in [0, 0.05) is 0 Å². The third kappa shape index (κ3) is 4.64. The van der Waals surface area contributed by atoms with Crippen molar-refractivity contribution >= 4 is 28.3 Å². The van der Waals surface area contributed by atoms with E-state index in [1.165, 1.54) is 11.0 Å². The normalized spacial score (nSPS) is 10.4. The fourth-order valence-electron chi connectivity index (χ4n) is 2.11. The number of hydrogen-bond acceptors (Lipinski definition) is 9. The number of carbonyl (C=O) groups excluding carboxylic acids is 2. The molecular weight excluding hydrogens is 372 g/mol. The zero-order chi connectivity index (χ0) is 19.2. The molecule has 0 fully saturated rings. The van der Waals surface area contributed by atoms with Crippen molar-refractivity contribution < 1.29 is 19.1 Å². The van der Waals surface area contributed by atoms with E-state index in [1.54, 1.807) is 38.1 Å². The first-order chi connectivity index (χ1) is 13.1. The summed E-state index contributed by atoms with van der Waals surface area (Å²) in [7, 11) is 0. The van der Waals surface area contributed by atoms with Gasteiger partial charge in [-0.25, -0.2) is 14.5 Å². The fourth-order valence-corrected chi connectivity index (χ4v) is 2.99. The van der Waals surface area contributed by atoms with Gasteiger partial charge in [0.25, 0.3) is 5.91 Å². The van der Waals surface area contributed by atoms with E-state index in [-0.39, 0.29) is 19.1 Å². The van der Waals surface area contributed by atoms with Gasteiger partial charge in [-0.2, -0.15) is 0 Å². The number of tetrazole rings is 1. The molecule has 0 bridgehead atoms. The fraction of sp³-hybridized carbons (Fsp3) is 0.250. The van der Waals surface area contributed by atoms with Crippen molar-refractivity contribution in [1.29, 1.82) is 0 Å². The molecule has 27 heavy (non-hydrogen) atoms. The minimum atomic E-state index is -0.452. The molecule has 3 rings (SSSR count). The molecule has 0 aliphatic rings. The smallest absolute Gasteiger partial charge is 0.350 e. The largest absolute Gasteiger partial charge is 0.484 e. The number of rotatable bonds is 7. The minimum Gasteiger partial charge on any atom is -0.484 e. The summed E-state index contributed by atoms with van der Waals surface area (Å²) in [6.07, 6.45) is 1.48. The number of esters is 1. The Morgan fingerprint density at radius 2 is 2.04 bits per heavy atom. The number of amides is 1. The lowest BCUT2D eigenvalue weighted by Gasteiger charge is -2.06. The van der Waals surface area contributed by atoms with Gasteiger partial charge in [-0.1, -0.05) is 11.3 Å². The molecule has 0 saturated heterocycles. The van der Waals surface area contributed by atoms with E-state index in [2.05, 4.69) is 25.8 Å². The maximum Gasteiger partial charge on any atom is 0.350 e. The number of hydrogen-bond donors (Lipinski definition) is 1. The van der Waals surface area contributed by atoms with Crippen LogP contribution >= 0.6 is 11.3 Å². The van der Waals surface area contributed by atoms with Crippen LogP contribution in [0.4, 0.5) is 5.13 Å². The van der Waals surface area contributed by atoms with Gasteiger partial charge in [0.05, 0.1) is 18.0 Å². The first-order valence-corrected chi connectivity index (χ1v) is 8.79. The first kappa shape index (κ1) is 18.5. The van der Waals surface area contributed by atoms with Gasteiger partial charge in [0.1, 0.15) is 17.0 Å². The van der Waals surface area contributed by atoms with Crippen molar-refractivity contribution in [2.45, 2.75) is 13.8 Å². The van der Waals surface area contributed by atoms with Crippen LogP contribution in [0.25, 0.3) is 5.69 Å². The highest BCUT2D eigenvalue weighted by molar-refractivity contribution is 7.17. The summed E-state index contributed by atoms with van der Waals surface area (Å²) >= 11 is 1.06. The summed E-state index contributed by atoms with van der Waals surface area (Å²) < 4.78 is 11.9. The number of nitrogens with zero attached hydrogens (tertiary/aromatic N) is 5. The van der Waals surface area contributed by atoms with Gasteiger partial charge in [-0.05, 0) is 48.5 Å². The summed E-state index contributed by atoms with van der Waals surface area (Å²) in [5.41, 5.74) is 1.27. The molecule has 2 heterocycles. The molecule has 0 aliphatic carbocycles. The molecule has 10 nitrogen and oxygen atoms in total. The maximum atomic E-state index is 12.0. The highest BCUT2D eigenvalue weighted by atomic mass is 32.1. The van der Waals surface area contributed by atoms with Gasteiger partial charge in [-0.15, -0.1) is 5.10 Å². The Morgan fingerprint density at radius 3 is 2.70 bits per heavy atom. The standard InChI is InChI=1S/C16H16N6O4S/c1-3-25-15(24)14-10(2)18-16(27-14)19-13(23)8-26-12-6-4-11(5-7-12)22-9-17-20-21-22/h4-7,9H,3,8H2,1-2H3,(H,18,19,23). The van der Waals surface area contributed by atoms with Crippen molar-refractivity contribution in [1.82, 2.24) is 25.2 Å². The Balaban J connectivity index is 1.54. The SMILES string of the molecule is CCOC(=O)c1sc(NC(=O)COc2ccc(-n3cnnn3)cc2)nc1C. The van der Waals surface area contributed by atoms with E-state index in [1.807, 2.05) is 0 Å². The molecule has 140 valence electrons. The zero-order valence-electron chi connectivity index (χ0n) is 14.6. The van der Waals surface area contributed by atoms with Crippen LogP contribution in [0.3, 0.4) is 0 Å². The van der Waals surface area contributed by atoms with Crippen LogP contribution < -0.4 is 10.1 Å². The predicted molar refractivity (Wildman–Crippen MR) is 96.1 cm³/mol. The van der Waals surface area contributed by atoms with E-state index in [0.717, 1.165) is 17.0 Å². The topological polar surface area (TPSA) is 121 Å². The average Bonchev–Trinajstić information content (AvgIpc) is 3.31. The molecule has 0 unspecified atom stereocenters. The summed E-state index contributed by atoms with van der Waals surface area (Å²) in [5, 5.41) is 13.8. The number of anilines is 1. The van der Waals surface area contributed by atoms with Crippen molar-refractivity contribution in [2.24, 2.45) is 0 Å². The monoisotopic (exact) mass is 388 g/mol. The molecule has 0 atom stereocenters. The first-order valence-electron chi connectivity index (χ1n) is 7.97. The highest BCUT2D eigenvalue weighted by Gasteiger charge is 2.17. The summed E-state index contributed by atoms with van der Waals surface area (Å²) in [6.45, 7) is 3.49. The Hall–Kier alpha value is -3.34. The van der Waals surface area contributed by atoms with Gasteiger partial charge in [0.2, 0.25) is 0 Å². The molecule has 11 heteroatoms.